The molecule has 0 aliphatic carbocycles. The monoisotopic (exact) mass is 460 g/mol. The molecule has 3 aromatic carbocycles. The molecule has 0 N–H and O–H groups in total. The number of rotatable bonds is 9. The normalized spacial score (nSPS) is 10.9. The van der Waals surface area contributed by atoms with Gasteiger partial charge in [0.1, 0.15) is 11.5 Å². The lowest BCUT2D eigenvalue weighted by molar-refractivity contribution is -0.119. The number of amides is 1. The highest BCUT2D eigenvalue weighted by Crippen LogP contribution is 2.33. The molecule has 5 nitrogen and oxygen atoms in total. The average Bonchev–Trinajstić information content (AvgIpc) is 3.28. The van der Waals surface area contributed by atoms with Crippen LogP contribution in [0.25, 0.3) is 10.2 Å². The number of hydrogen-bond acceptors (Lipinski definition) is 5. The number of thiazole rings is 1. The van der Waals surface area contributed by atoms with Crippen LogP contribution in [0.4, 0.5) is 5.13 Å². The molecule has 0 fully saturated rings. The highest BCUT2D eigenvalue weighted by molar-refractivity contribution is 7.22. The summed E-state index contributed by atoms with van der Waals surface area (Å²) < 4.78 is 12.1. The highest BCUT2D eigenvalue weighted by atomic mass is 32.1. The molecule has 0 saturated carbocycles. The minimum absolute atomic E-state index is 0.0469. The minimum Gasteiger partial charge on any atom is -0.497 e. The SMILES string of the molecule is COc1ccc(OCCCC(=O)N(Cc2ccccc2)c2nc3c(C)c(C)ccc3s2)cc1. The van der Waals surface area contributed by atoms with Crippen LogP contribution in [0.3, 0.4) is 0 Å². The van der Waals surface area contributed by atoms with Gasteiger partial charge in [-0.25, -0.2) is 4.98 Å². The molecule has 1 amide bonds. The predicted octanol–water partition coefficient (Wildman–Crippen LogP) is 6.31. The third-order valence-electron chi connectivity index (χ3n) is 5.65. The second-order valence-corrected chi connectivity index (χ2v) is 8.95. The predicted molar refractivity (Wildman–Crippen MR) is 134 cm³/mol. The molecule has 0 atom stereocenters. The Labute approximate surface area is 198 Å². The smallest absolute Gasteiger partial charge is 0.229 e. The van der Waals surface area contributed by atoms with Crippen LogP contribution in [-0.2, 0) is 11.3 Å². The first kappa shape index (κ1) is 22.8. The summed E-state index contributed by atoms with van der Waals surface area (Å²) in [6.07, 6.45) is 1.01. The fourth-order valence-corrected chi connectivity index (χ4v) is 4.62. The molecule has 0 radical (unpaired) electrons. The van der Waals surface area contributed by atoms with Crippen molar-refractivity contribution in [1.82, 2.24) is 4.98 Å². The first-order chi connectivity index (χ1) is 16.0. The van der Waals surface area contributed by atoms with Crippen molar-refractivity contribution in [3.05, 3.63) is 83.4 Å². The molecular weight excluding hydrogens is 432 g/mol. The summed E-state index contributed by atoms with van der Waals surface area (Å²) >= 11 is 1.57. The number of anilines is 1. The number of fused-ring (bicyclic) bond motifs is 1. The van der Waals surface area contributed by atoms with Crippen molar-refractivity contribution in [2.75, 3.05) is 18.6 Å². The lowest BCUT2D eigenvalue weighted by Crippen LogP contribution is -2.30. The summed E-state index contributed by atoms with van der Waals surface area (Å²) in [6.45, 7) is 5.14. The highest BCUT2D eigenvalue weighted by Gasteiger charge is 2.21. The second kappa shape index (κ2) is 10.5. The van der Waals surface area contributed by atoms with Crippen LogP contribution in [0.5, 0.6) is 11.5 Å². The first-order valence-corrected chi connectivity index (χ1v) is 11.8. The number of nitrogens with zero attached hydrogens (tertiary/aromatic N) is 2. The molecule has 0 unspecified atom stereocenters. The minimum atomic E-state index is 0.0469. The zero-order valence-corrected chi connectivity index (χ0v) is 20.0. The molecule has 1 heterocycles. The number of benzene rings is 3. The van der Waals surface area contributed by atoms with E-state index in [9.17, 15) is 4.79 Å². The van der Waals surface area contributed by atoms with Gasteiger partial charge < -0.3 is 9.47 Å². The third-order valence-corrected chi connectivity index (χ3v) is 6.70. The van der Waals surface area contributed by atoms with E-state index < -0.39 is 0 Å². The van der Waals surface area contributed by atoms with Crippen LogP contribution in [0, 0.1) is 13.8 Å². The molecule has 4 aromatic rings. The van der Waals surface area contributed by atoms with Crippen LogP contribution in [0.1, 0.15) is 29.5 Å². The standard InChI is InChI=1S/C27H28N2O3S/c1-19-11-16-24-26(20(19)2)28-27(33-24)29(18-21-8-5-4-6-9-21)25(30)10-7-17-32-23-14-12-22(31-3)13-15-23/h4-6,8-9,11-16H,7,10,17-18H2,1-3H3. The zero-order valence-electron chi connectivity index (χ0n) is 19.2. The summed E-state index contributed by atoms with van der Waals surface area (Å²) in [5, 5.41) is 0.739. The van der Waals surface area contributed by atoms with Gasteiger partial charge in [0.05, 0.1) is 30.5 Å². The lowest BCUT2D eigenvalue weighted by atomic mass is 10.1. The van der Waals surface area contributed by atoms with Crippen molar-refractivity contribution in [3.63, 3.8) is 0 Å². The number of aryl methyl sites for hydroxylation is 2. The van der Waals surface area contributed by atoms with Crippen LogP contribution in [0.2, 0.25) is 0 Å². The average molecular weight is 461 g/mol. The van der Waals surface area contributed by atoms with Gasteiger partial charge in [0.2, 0.25) is 5.91 Å². The summed E-state index contributed by atoms with van der Waals surface area (Å²) in [6, 6.07) is 21.7. The number of carbonyl (C=O) groups is 1. The fraction of sp³-hybridized carbons (Fsp3) is 0.259. The number of ether oxygens (including phenoxy) is 2. The van der Waals surface area contributed by atoms with Gasteiger partial charge in [0.25, 0.3) is 0 Å². The van der Waals surface area contributed by atoms with Gasteiger partial charge in [-0.15, -0.1) is 0 Å². The number of aromatic nitrogens is 1. The molecule has 1 aromatic heterocycles. The van der Waals surface area contributed by atoms with Crippen LogP contribution in [-0.4, -0.2) is 24.6 Å². The van der Waals surface area contributed by atoms with Crippen molar-refractivity contribution in [2.45, 2.75) is 33.2 Å². The Morgan fingerprint density at radius 1 is 0.970 bits per heavy atom. The van der Waals surface area contributed by atoms with Crippen LogP contribution >= 0.6 is 11.3 Å². The van der Waals surface area contributed by atoms with E-state index in [2.05, 4.69) is 26.0 Å². The van der Waals surface area contributed by atoms with Crippen LogP contribution < -0.4 is 14.4 Å². The third kappa shape index (κ3) is 5.52. The van der Waals surface area contributed by atoms with Gasteiger partial charge in [-0.3, -0.25) is 9.69 Å². The van der Waals surface area contributed by atoms with E-state index in [-0.39, 0.29) is 5.91 Å². The topological polar surface area (TPSA) is 51.7 Å². The van der Waals surface area contributed by atoms with Gasteiger partial charge in [0, 0.05) is 6.42 Å². The van der Waals surface area contributed by atoms with E-state index in [1.54, 1.807) is 18.4 Å². The van der Waals surface area contributed by atoms with Crippen molar-refractivity contribution >= 4 is 32.6 Å². The maximum absolute atomic E-state index is 13.3. The number of methoxy groups -OCH3 is 1. The number of hydrogen-bond donors (Lipinski definition) is 0. The summed E-state index contributed by atoms with van der Waals surface area (Å²) in [4.78, 5) is 20.0. The Balaban J connectivity index is 1.47. The Morgan fingerprint density at radius 2 is 1.70 bits per heavy atom. The van der Waals surface area contributed by atoms with E-state index >= 15 is 0 Å². The van der Waals surface area contributed by atoms with Crippen molar-refractivity contribution in [1.29, 1.82) is 0 Å². The van der Waals surface area contributed by atoms with Gasteiger partial charge in [-0.1, -0.05) is 47.7 Å². The Hall–Kier alpha value is -3.38. The largest absolute Gasteiger partial charge is 0.497 e. The molecule has 4 rings (SSSR count). The molecule has 6 heteroatoms. The van der Waals surface area contributed by atoms with Crippen molar-refractivity contribution in [2.24, 2.45) is 0 Å². The quantitative estimate of drug-likeness (QED) is 0.275. The van der Waals surface area contributed by atoms with Crippen LogP contribution in [0.15, 0.2) is 66.7 Å². The van der Waals surface area contributed by atoms with Crippen molar-refractivity contribution < 1.29 is 14.3 Å². The number of carbonyl (C=O) groups excluding carboxylic acids is 1. The van der Waals surface area contributed by atoms with Gasteiger partial charge in [0.15, 0.2) is 5.13 Å². The van der Waals surface area contributed by atoms with E-state index in [1.165, 1.54) is 5.56 Å². The molecule has 33 heavy (non-hydrogen) atoms. The van der Waals surface area contributed by atoms with E-state index in [1.807, 2.05) is 59.5 Å². The molecule has 0 aliphatic rings. The maximum Gasteiger partial charge on any atom is 0.229 e. The first-order valence-electron chi connectivity index (χ1n) is 11.0. The lowest BCUT2D eigenvalue weighted by Gasteiger charge is -2.20. The summed E-state index contributed by atoms with van der Waals surface area (Å²) in [5.74, 6) is 1.60. The molecular formula is C27H28N2O3S. The van der Waals surface area contributed by atoms with E-state index in [0.717, 1.165) is 38.0 Å². The summed E-state index contributed by atoms with van der Waals surface area (Å²) in [5.41, 5.74) is 4.42. The second-order valence-electron chi connectivity index (χ2n) is 7.94. The molecule has 0 spiro atoms. The van der Waals surface area contributed by atoms with Gasteiger partial charge in [-0.2, -0.15) is 0 Å². The van der Waals surface area contributed by atoms with Gasteiger partial charge in [-0.05, 0) is 67.3 Å². The van der Waals surface area contributed by atoms with E-state index in [4.69, 9.17) is 14.5 Å². The maximum atomic E-state index is 13.3. The van der Waals surface area contributed by atoms with Crippen molar-refractivity contribution in [3.8, 4) is 11.5 Å². The Kier molecular flexibility index (Phi) is 7.25. The fourth-order valence-electron chi connectivity index (χ4n) is 3.58. The van der Waals surface area contributed by atoms with Gasteiger partial charge >= 0.3 is 0 Å². The molecule has 0 aliphatic heterocycles. The Morgan fingerprint density at radius 3 is 2.42 bits per heavy atom. The molecule has 170 valence electrons. The summed E-state index contributed by atoms with van der Waals surface area (Å²) in [7, 11) is 1.64. The molecule has 0 bridgehead atoms. The molecule has 0 saturated heterocycles. The zero-order chi connectivity index (χ0) is 23.2. The Bertz CT molecular complexity index is 1220. The van der Waals surface area contributed by atoms with E-state index in [0.29, 0.717) is 26.0 Å².